The summed E-state index contributed by atoms with van der Waals surface area (Å²) >= 11 is 0. The summed E-state index contributed by atoms with van der Waals surface area (Å²) in [4.78, 5) is 13.8. The van der Waals surface area contributed by atoms with Gasteiger partial charge in [0.2, 0.25) is 5.91 Å². The fourth-order valence-electron chi connectivity index (χ4n) is 2.71. The van der Waals surface area contributed by atoms with Gasteiger partial charge in [-0.15, -0.1) is 0 Å². The molecule has 6 nitrogen and oxygen atoms in total. The molecule has 0 spiro atoms. The van der Waals surface area contributed by atoms with Gasteiger partial charge in [0.05, 0.1) is 22.4 Å². The van der Waals surface area contributed by atoms with Crippen LogP contribution in [0.15, 0.2) is 53.4 Å². The molecule has 132 valence electrons. The number of rotatable bonds is 4. The number of hydrogen-bond donors (Lipinski definition) is 0. The highest BCUT2D eigenvalue weighted by Crippen LogP contribution is 2.36. The maximum absolute atomic E-state index is 13.1. The number of benzene rings is 2. The first-order chi connectivity index (χ1) is 11.8. The molecule has 2 aromatic carbocycles. The molecular formula is C18H20N2O4S. The Kier molecular flexibility index (Phi) is 4.43. The minimum Gasteiger partial charge on any atom is -0.491 e. The van der Waals surface area contributed by atoms with Crippen LogP contribution in [0.2, 0.25) is 0 Å². The highest BCUT2D eigenvalue weighted by molar-refractivity contribution is 7.92. The molecule has 1 amide bonds. The third-order valence-corrected chi connectivity index (χ3v) is 5.72. The predicted molar refractivity (Wildman–Crippen MR) is 96.6 cm³/mol. The molecule has 0 fully saturated rings. The normalized spacial score (nSPS) is 14.6. The first-order valence-electron chi connectivity index (χ1n) is 7.96. The highest BCUT2D eigenvalue weighted by Gasteiger charge is 2.34. The average molecular weight is 360 g/mol. The van der Waals surface area contributed by atoms with Crippen molar-refractivity contribution in [2.75, 3.05) is 22.8 Å². The number of fused-ring (bicyclic) bond motifs is 1. The molecule has 0 unspecified atom stereocenters. The second kappa shape index (κ2) is 6.40. The summed E-state index contributed by atoms with van der Waals surface area (Å²) in [5.41, 5.74) is 1.06. The summed E-state index contributed by atoms with van der Waals surface area (Å²) in [5, 5.41) is 0. The summed E-state index contributed by atoms with van der Waals surface area (Å²) in [5.74, 6) is 0.325. The largest absolute Gasteiger partial charge is 0.491 e. The van der Waals surface area contributed by atoms with Crippen molar-refractivity contribution in [1.29, 1.82) is 0 Å². The maximum Gasteiger partial charge on any atom is 0.264 e. The molecule has 0 aliphatic carbocycles. The molecular weight excluding hydrogens is 340 g/mol. The molecule has 0 bridgehead atoms. The lowest BCUT2D eigenvalue weighted by atomic mass is 10.2. The SMILES string of the molecule is CC(C)Oc1ccc(S(=O)(=O)N2CC(=O)N(C)c3ccccc32)cc1. The third kappa shape index (κ3) is 3.19. The molecule has 1 heterocycles. The van der Waals surface area contributed by atoms with Crippen molar-refractivity contribution in [2.24, 2.45) is 0 Å². The second-order valence-electron chi connectivity index (χ2n) is 6.09. The van der Waals surface area contributed by atoms with E-state index in [2.05, 4.69) is 0 Å². The van der Waals surface area contributed by atoms with Crippen LogP contribution >= 0.6 is 0 Å². The number of amides is 1. The van der Waals surface area contributed by atoms with Crippen LogP contribution in [0.4, 0.5) is 11.4 Å². The number of sulfonamides is 1. The third-order valence-electron chi connectivity index (χ3n) is 3.95. The van der Waals surface area contributed by atoms with Crippen molar-refractivity contribution < 1.29 is 17.9 Å². The number of carbonyl (C=O) groups excluding carboxylic acids is 1. The molecule has 0 aromatic heterocycles. The first-order valence-corrected chi connectivity index (χ1v) is 9.40. The van der Waals surface area contributed by atoms with Gasteiger partial charge in [-0.2, -0.15) is 0 Å². The molecule has 25 heavy (non-hydrogen) atoms. The quantitative estimate of drug-likeness (QED) is 0.841. The van der Waals surface area contributed by atoms with E-state index >= 15 is 0 Å². The molecule has 1 aliphatic heterocycles. The molecule has 0 saturated heterocycles. The smallest absolute Gasteiger partial charge is 0.264 e. The number of carbonyl (C=O) groups is 1. The van der Waals surface area contributed by atoms with E-state index in [1.54, 1.807) is 43.4 Å². The molecule has 1 aliphatic rings. The molecule has 7 heteroatoms. The Labute approximate surface area is 147 Å². The summed E-state index contributed by atoms with van der Waals surface area (Å²) in [7, 11) is -2.20. The molecule has 0 N–H and O–H groups in total. The zero-order valence-electron chi connectivity index (χ0n) is 14.3. The van der Waals surface area contributed by atoms with Crippen molar-refractivity contribution in [1.82, 2.24) is 0 Å². The van der Waals surface area contributed by atoms with Crippen LogP contribution in [0.1, 0.15) is 13.8 Å². The Morgan fingerprint density at radius 1 is 1.00 bits per heavy atom. The van der Waals surface area contributed by atoms with E-state index in [1.165, 1.54) is 17.0 Å². The van der Waals surface area contributed by atoms with Crippen LogP contribution in [-0.4, -0.2) is 34.0 Å². The number of hydrogen-bond acceptors (Lipinski definition) is 4. The summed E-state index contributed by atoms with van der Waals surface area (Å²) in [6, 6.07) is 13.2. The summed E-state index contributed by atoms with van der Waals surface area (Å²) in [6.07, 6.45) is 0.00425. The standard InChI is InChI=1S/C18H20N2O4S/c1-13(2)24-14-8-10-15(11-9-14)25(22,23)20-12-18(21)19(3)16-6-4-5-7-17(16)20/h4-11,13H,12H2,1-3H3. The van der Waals surface area contributed by atoms with E-state index in [0.29, 0.717) is 17.1 Å². The van der Waals surface area contributed by atoms with Gasteiger partial charge in [0, 0.05) is 7.05 Å². The van der Waals surface area contributed by atoms with Crippen LogP contribution < -0.4 is 13.9 Å². The summed E-state index contributed by atoms with van der Waals surface area (Å²) < 4.78 is 32.8. The Morgan fingerprint density at radius 3 is 2.20 bits per heavy atom. The van der Waals surface area contributed by atoms with E-state index in [1.807, 2.05) is 13.8 Å². The van der Waals surface area contributed by atoms with E-state index in [0.717, 1.165) is 4.31 Å². The zero-order chi connectivity index (χ0) is 18.2. The van der Waals surface area contributed by atoms with Gasteiger partial charge in [-0.3, -0.25) is 9.10 Å². The van der Waals surface area contributed by atoms with E-state index in [-0.39, 0.29) is 23.5 Å². The fourth-order valence-corrected chi connectivity index (χ4v) is 4.14. The fraction of sp³-hybridized carbons (Fsp3) is 0.278. The van der Waals surface area contributed by atoms with Gasteiger partial charge in [-0.1, -0.05) is 12.1 Å². The van der Waals surface area contributed by atoms with Gasteiger partial charge >= 0.3 is 0 Å². The van der Waals surface area contributed by atoms with Crippen LogP contribution in [0.3, 0.4) is 0 Å². The number of likely N-dealkylation sites (N-methyl/N-ethyl adjacent to an activating group) is 1. The first kappa shape index (κ1) is 17.3. The number of anilines is 2. The van der Waals surface area contributed by atoms with Gasteiger partial charge in [0.15, 0.2) is 0 Å². The number of nitrogens with zero attached hydrogens (tertiary/aromatic N) is 2. The molecule has 0 saturated carbocycles. The average Bonchev–Trinajstić information content (AvgIpc) is 2.58. The Hall–Kier alpha value is -2.54. The minimum atomic E-state index is -3.85. The molecule has 0 radical (unpaired) electrons. The van der Waals surface area contributed by atoms with Gasteiger partial charge in [-0.25, -0.2) is 8.42 Å². The lowest BCUT2D eigenvalue weighted by molar-refractivity contribution is -0.117. The second-order valence-corrected chi connectivity index (χ2v) is 7.95. The van der Waals surface area contributed by atoms with Crippen LogP contribution in [-0.2, 0) is 14.8 Å². The monoisotopic (exact) mass is 360 g/mol. The summed E-state index contributed by atoms with van der Waals surface area (Å²) in [6.45, 7) is 3.58. The van der Waals surface area contributed by atoms with Crippen LogP contribution in [0.25, 0.3) is 0 Å². The molecule has 2 aromatic rings. The number of ether oxygens (including phenoxy) is 1. The van der Waals surface area contributed by atoms with E-state index in [4.69, 9.17) is 4.74 Å². The van der Waals surface area contributed by atoms with Crippen molar-refractivity contribution >= 4 is 27.3 Å². The van der Waals surface area contributed by atoms with Gasteiger partial charge in [-0.05, 0) is 50.2 Å². The molecule has 0 atom stereocenters. The van der Waals surface area contributed by atoms with Gasteiger partial charge in [0.25, 0.3) is 10.0 Å². The van der Waals surface area contributed by atoms with Crippen LogP contribution in [0, 0.1) is 0 Å². The van der Waals surface area contributed by atoms with Crippen molar-refractivity contribution in [3.05, 3.63) is 48.5 Å². The lowest BCUT2D eigenvalue weighted by Crippen LogP contribution is -2.46. The molecule has 3 rings (SSSR count). The zero-order valence-corrected chi connectivity index (χ0v) is 15.2. The van der Waals surface area contributed by atoms with Gasteiger partial charge < -0.3 is 9.64 Å². The van der Waals surface area contributed by atoms with Crippen molar-refractivity contribution in [3.63, 3.8) is 0 Å². The lowest BCUT2D eigenvalue weighted by Gasteiger charge is -2.34. The van der Waals surface area contributed by atoms with E-state index < -0.39 is 10.0 Å². The minimum absolute atomic E-state index is 0.00425. The highest BCUT2D eigenvalue weighted by atomic mass is 32.2. The van der Waals surface area contributed by atoms with Crippen molar-refractivity contribution in [2.45, 2.75) is 24.8 Å². The Balaban J connectivity index is 2.00. The maximum atomic E-state index is 13.1. The Bertz CT molecular complexity index is 892. The van der Waals surface area contributed by atoms with Crippen molar-refractivity contribution in [3.8, 4) is 5.75 Å². The van der Waals surface area contributed by atoms with E-state index in [9.17, 15) is 13.2 Å². The van der Waals surface area contributed by atoms with Gasteiger partial charge in [0.1, 0.15) is 12.3 Å². The topological polar surface area (TPSA) is 66.9 Å². The number of para-hydroxylation sites is 2. The Morgan fingerprint density at radius 2 is 1.60 bits per heavy atom. The predicted octanol–water partition coefficient (Wildman–Crippen LogP) is 2.65. The van der Waals surface area contributed by atoms with Crippen LogP contribution in [0.5, 0.6) is 5.75 Å².